The third-order valence-electron chi connectivity index (χ3n) is 4.55. The predicted octanol–water partition coefficient (Wildman–Crippen LogP) is 6.43. The summed E-state index contributed by atoms with van der Waals surface area (Å²) in [6.45, 7) is 1.65. The van der Waals surface area contributed by atoms with E-state index < -0.39 is 24.2 Å². The van der Waals surface area contributed by atoms with Crippen LogP contribution in [0.15, 0.2) is 40.0 Å². The normalized spacial score (nSPS) is 19.0. The molecule has 0 saturated carbocycles. The van der Waals surface area contributed by atoms with E-state index in [1.54, 1.807) is 13.0 Å². The number of nitrogens with zero attached hydrogens (tertiary/aromatic N) is 1. The average Bonchev–Trinajstić information content (AvgIpc) is 3.08. The van der Waals surface area contributed by atoms with Gasteiger partial charge in [-0.2, -0.15) is 13.2 Å². The summed E-state index contributed by atoms with van der Waals surface area (Å²) in [7, 11) is 1.24. The quantitative estimate of drug-likeness (QED) is 0.447. The first-order valence-corrected chi connectivity index (χ1v) is 9.70. The molecule has 1 aliphatic rings. The van der Waals surface area contributed by atoms with Gasteiger partial charge in [-0.3, -0.25) is 0 Å². The van der Waals surface area contributed by atoms with Crippen molar-refractivity contribution >= 4 is 50.8 Å². The molecule has 0 fully saturated rings. The molecular weight excluding hydrogens is 498 g/mol. The Bertz CT molecular complexity index is 1010. The van der Waals surface area contributed by atoms with E-state index in [9.17, 15) is 18.0 Å². The molecule has 10 heteroatoms. The van der Waals surface area contributed by atoms with Crippen LogP contribution in [0.2, 0.25) is 10.0 Å². The fraction of sp³-hybridized carbons (Fsp3) is 0.263. The zero-order chi connectivity index (χ0) is 21.6. The van der Waals surface area contributed by atoms with Gasteiger partial charge < -0.3 is 9.57 Å². The summed E-state index contributed by atoms with van der Waals surface area (Å²) in [5, 5.41) is 3.82. The van der Waals surface area contributed by atoms with Gasteiger partial charge in [0.1, 0.15) is 0 Å². The van der Waals surface area contributed by atoms with Crippen LogP contribution in [0.3, 0.4) is 0 Å². The first kappa shape index (κ1) is 21.9. The maximum atomic E-state index is 14.1. The molecule has 1 heterocycles. The molecule has 1 aliphatic heterocycles. The Morgan fingerprint density at radius 2 is 1.83 bits per heavy atom. The van der Waals surface area contributed by atoms with E-state index in [1.807, 2.05) is 0 Å². The van der Waals surface area contributed by atoms with Gasteiger partial charge in [0.25, 0.3) is 5.60 Å². The lowest BCUT2D eigenvalue weighted by Crippen LogP contribution is -2.42. The number of methoxy groups -OCH3 is 1. The van der Waals surface area contributed by atoms with E-state index in [2.05, 4.69) is 21.1 Å². The fourth-order valence-corrected chi connectivity index (χ4v) is 4.17. The van der Waals surface area contributed by atoms with E-state index >= 15 is 0 Å². The molecule has 0 aliphatic carbocycles. The standard InChI is InChI=1S/C19H13BrCl2F3NO3/c1-9-3-14(15(20)7-13(9)17(27)28-2)16-8-18(29-26-16,19(23,24)25)10-4-11(21)6-12(22)5-10/h3-7H,8H2,1-2H3. The molecule has 0 amide bonds. The summed E-state index contributed by atoms with van der Waals surface area (Å²) in [6.07, 6.45) is -5.39. The SMILES string of the molecule is COC(=O)c1cc(Br)c(C2=NOC(c3cc(Cl)cc(Cl)c3)(C(F)(F)F)C2)cc1C. The molecule has 0 spiro atoms. The molecule has 1 unspecified atom stereocenters. The number of aryl methyl sites for hydroxylation is 1. The maximum Gasteiger partial charge on any atom is 0.435 e. The van der Waals surface area contributed by atoms with E-state index in [-0.39, 0.29) is 26.9 Å². The van der Waals surface area contributed by atoms with Crippen molar-refractivity contribution in [2.75, 3.05) is 7.11 Å². The van der Waals surface area contributed by atoms with E-state index in [1.165, 1.54) is 19.2 Å². The van der Waals surface area contributed by atoms with Crippen LogP contribution in [0, 0.1) is 6.92 Å². The lowest BCUT2D eigenvalue weighted by Gasteiger charge is -2.29. The minimum atomic E-state index is -4.79. The monoisotopic (exact) mass is 509 g/mol. The number of benzene rings is 2. The molecule has 0 aromatic heterocycles. The molecule has 2 aromatic rings. The van der Waals surface area contributed by atoms with Gasteiger partial charge in [0.2, 0.25) is 0 Å². The largest absolute Gasteiger partial charge is 0.465 e. The van der Waals surface area contributed by atoms with Gasteiger partial charge in [-0.1, -0.05) is 44.3 Å². The van der Waals surface area contributed by atoms with Crippen molar-refractivity contribution in [2.24, 2.45) is 5.16 Å². The number of oxime groups is 1. The number of hydrogen-bond donors (Lipinski definition) is 0. The van der Waals surface area contributed by atoms with Crippen molar-refractivity contribution in [1.29, 1.82) is 0 Å². The highest BCUT2D eigenvalue weighted by Crippen LogP contribution is 2.50. The minimum Gasteiger partial charge on any atom is -0.465 e. The van der Waals surface area contributed by atoms with Crippen LogP contribution in [-0.2, 0) is 15.2 Å². The lowest BCUT2D eigenvalue weighted by molar-refractivity contribution is -0.275. The Hall–Kier alpha value is -1.77. The summed E-state index contributed by atoms with van der Waals surface area (Å²) in [6, 6.07) is 6.66. The fourth-order valence-electron chi connectivity index (χ4n) is 3.07. The Morgan fingerprint density at radius 3 is 2.38 bits per heavy atom. The van der Waals surface area contributed by atoms with Gasteiger partial charge in [0.05, 0.1) is 24.8 Å². The van der Waals surface area contributed by atoms with Crippen LogP contribution in [0.5, 0.6) is 0 Å². The Balaban J connectivity index is 2.06. The highest BCUT2D eigenvalue weighted by molar-refractivity contribution is 9.10. The summed E-state index contributed by atoms with van der Waals surface area (Å²) >= 11 is 15.1. The smallest absolute Gasteiger partial charge is 0.435 e. The van der Waals surface area contributed by atoms with Gasteiger partial charge in [-0.15, -0.1) is 0 Å². The zero-order valence-electron chi connectivity index (χ0n) is 15.0. The van der Waals surface area contributed by atoms with Gasteiger partial charge >= 0.3 is 12.1 Å². The number of hydrogen-bond acceptors (Lipinski definition) is 4. The molecular formula is C19H13BrCl2F3NO3. The number of ether oxygens (including phenoxy) is 1. The second-order valence-electron chi connectivity index (χ2n) is 6.43. The summed E-state index contributed by atoms with van der Waals surface area (Å²) < 4.78 is 47.4. The molecule has 4 nitrogen and oxygen atoms in total. The first-order chi connectivity index (χ1) is 13.5. The highest BCUT2D eigenvalue weighted by atomic mass is 79.9. The average molecular weight is 511 g/mol. The van der Waals surface area contributed by atoms with Crippen LogP contribution in [-0.4, -0.2) is 25.0 Å². The summed E-state index contributed by atoms with van der Waals surface area (Å²) in [5.74, 6) is -0.558. The maximum absolute atomic E-state index is 14.1. The van der Waals surface area contributed by atoms with E-state index in [4.69, 9.17) is 32.8 Å². The molecule has 3 rings (SSSR count). The van der Waals surface area contributed by atoms with Crippen LogP contribution in [0.4, 0.5) is 13.2 Å². The van der Waals surface area contributed by atoms with Crippen LogP contribution < -0.4 is 0 Å². The molecule has 0 bridgehead atoms. The summed E-state index contributed by atoms with van der Waals surface area (Å²) in [5.41, 5.74) is -1.75. The number of carbonyl (C=O) groups is 1. The van der Waals surface area contributed by atoms with Crippen LogP contribution in [0.25, 0.3) is 0 Å². The Morgan fingerprint density at radius 1 is 1.21 bits per heavy atom. The Kier molecular flexibility index (Phi) is 5.91. The third-order valence-corrected chi connectivity index (χ3v) is 5.64. The zero-order valence-corrected chi connectivity index (χ0v) is 18.1. The number of rotatable bonds is 3. The number of carbonyl (C=O) groups excluding carboxylic acids is 1. The van der Waals surface area contributed by atoms with Crippen LogP contribution in [0.1, 0.15) is 33.5 Å². The minimum absolute atomic E-state index is 0.0487. The van der Waals surface area contributed by atoms with Crippen molar-refractivity contribution in [1.82, 2.24) is 0 Å². The molecule has 1 atom stereocenters. The topological polar surface area (TPSA) is 47.9 Å². The molecule has 0 N–H and O–H groups in total. The van der Waals surface area contributed by atoms with Gasteiger partial charge in [0.15, 0.2) is 0 Å². The number of alkyl halides is 3. The van der Waals surface area contributed by atoms with Crippen molar-refractivity contribution in [2.45, 2.75) is 25.1 Å². The summed E-state index contributed by atoms with van der Waals surface area (Å²) in [4.78, 5) is 16.8. The molecule has 2 aromatic carbocycles. The molecule has 0 radical (unpaired) electrons. The molecule has 29 heavy (non-hydrogen) atoms. The van der Waals surface area contributed by atoms with Crippen molar-refractivity contribution < 1.29 is 27.5 Å². The third kappa shape index (κ3) is 3.98. The predicted molar refractivity (Wildman–Crippen MR) is 107 cm³/mol. The van der Waals surface area contributed by atoms with E-state index in [0.717, 1.165) is 12.1 Å². The Labute approximate surface area is 182 Å². The van der Waals surface area contributed by atoms with Crippen LogP contribution >= 0.6 is 39.1 Å². The highest BCUT2D eigenvalue weighted by Gasteiger charge is 2.62. The van der Waals surface area contributed by atoms with Crippen molar-refractivity contribution in [3.63, 3.8) is 0 Å². The van der Waals surface area contributed by atoms with Gasteiger partial charge in [0, 0.05) is 25.6 Å². The second kappa shape index (κ2) is 7.81. The van der Waals surface area contributed by atoms with Crippen molar-refractivity contribution in [3.8, 4) is 0 Å². The molecule has 154 valence electrons. The first-order valence-electron chi connectivity index (χ1n) is 8.15. The van der Waals surface area contributed by atoms with Gasteiger partial charge in [-0.25, -0.2) is 4.79 Å². The lowest BCUT2D eigenvalue weighted by atomic mass is 9.86. The number of esters is 1. The number of halogens is 6. The molecule has 0 saturated heterocycles. The van der Waals surface area contributed by atoms with E-state index in [0.29, 0.717) is 15.6 Å². The van der Waals surface area contributed by atoms with Crippen molar-refractivity contribution in [3.05, 3.63) is 67.1 Å². The second-order valence-corrected chi connectivity index (χ2v) is 8.15. The van der Waals surface area contributed by atoms with Gasteiger partial charge in [-0.05, 0) is 42.8 Å².